The average Bonchev–Trinajstić information content (AvgIpc) is 2.72. The fourth-order valence-electron chi connectivity index (χ4n) is 3.13. The van der Waals surface area contributed by atoms with Crippen LogP contribution in [0.5, 0.6) is 5.75 Å². The molecule has 8 heteroatoms. The van der Waals surface area contributed by atoms with Crippen molar-refractivity contribution in [1.29, 1.82) is 0 Å². The Hall–Kier alpha value is -2.87. The molecule has 0 radical (unpaired) electrons. The van der Waals surface area contributed by atoms with Crippen molar-refractivity contribution in [1.82, 2.24) is 15.5 Å². The minimum atomic E-state index is -0.0143. The van der Waals surface area contributed by atoms with Gasteiger partial charge in [0.15, 0.2) is 5.82 Å². The Morgan fingerprint density at radius 3 is 2.82 bits per heavy atom. The number of hydrogen-bond acceptors (Lipinski definition) is 7. The minimum Gasteiger partial charge on any atom is -0.496 e. The van der Waals surface area contributed by atoms with Gasteiger partial charge in [-0.05, 0) is 24.1 Å². The van der Waals surface area contributed by atoms with E-state index in [0.717, 1.165) is 48.9 Å². The molecular weight excluding hydrogens is 358 g/mol. The lowest BCUT2D eigenvalue weighted by Gasteiger charge is -2.28. The van der Waals surface area contributed by atoms with E-state index in [1.807, 2.05) is 31.2 Å². The number of benzene rings is 1. The van der Waals surface area contributed by atoms with Crippen molar-refractivity contribution >= 4 is 17.4 Å². The van der Waals surface area contributed by atoms with Gasteiger partial charge in [-0.3, -0.25) is 4.79 Å². The zero-order chi connectivity index (χ0) is 19.8. The molecular formula is C20H27N5O3. The summed E-state index contributed by atoms with van der Waals surface area (Å²) < 4.78 is 10.6. The molecule has 2 heterocycles. The predicted molar refractivity (Wildman–Crippen MR) is 108 cm³/mol. The highest BCUT2D eigenvalue weighted by molar-refractivity contribution is 5.78. The number of rotatable bonds is 8. The number of nitrogens with zero attached hydrogens (tertiary/aromatic N) is 3. The fraction of sp³-hybridized carbons (Fsp3) is 0.450. The van der Waals surface area contributed by atoms with E-state index in [1.54, 1.807) is 13.3 Å². The second-order valence-electron chi connectivity index (χ2n) is 6.66. The van der Waals surface area contributed by atoms with E-state index in [-0.39, 0.29) is 5.91 Å². The molecule has 1 aromatic heterocycles. The number of methoxy groups -OCH3 is 1. The zero-order valence-corrected chi connectivity index (χ0v) is 16.4. The van der Waals surface area contributed by atoms with Crippen LogP contribution in [0.1, 0.15) is 11.1 Å². The lowest BCUT2D eigenvalue weighted by Crippen LogP contribution is -2.36. The molecule has 1 saturated heterocycles. The third-order valence-electron chi connectivity index (χ3n) is 4.59. The molecule has 0 atom stereocenters. The van der Waals surface area contributed by atoms with Crippen LogP contribution in [0.25, 0.3) is 0 Å². The van der Waals surface area contributed by atoms with Crippen LogP contribution in [-0.2, 0) is 16.0 Å². The molecule has 8 nitrogen and oxygen atoms in total. The summed E-state index contributed by atoms with van der Waals surface area (Å²) in [5, 5.41) is 14.3. The molecule has 28 heavy (non-hydrogen) atoms. The van der Waals surface area contributed by atoms with Gasteiger partial charge in [-0.1, -0.05) is 12.1 Å². The van der Waals surface area contributed by atoms with Crippen molar-refractivity contribution in [2.45, 2.75) is 13.3 Å². The number of ether oxygens (including phenoxy) is 2. The van der Waals surface area contributed by atoms with Crippen LogP contribution in [0.2, 0.25) is 0 Å². The molecule has 2 N–H and O–H groups in total. The summed E-state index contributed by atoms with van der Waals surface area (Å²) in [6, 6.07) is 7.75. The second-order valence-corrected chi connectivity index (χ2v) is 6.66. The van der Waals surface area contributed by atoms with Gasteiger partial charge in [0, 0.05) is 32.2 Å². The summed E-state index contributed by atoms with van der Waals surface area (Å²) >= 11 is 0. The van der Waals surface area contributed by atoms with E-state index in [4.69, 9.17) is 9.47 Å². The number of aryl methyl sites for hydroxylation is 1. The quantitative estimate of drug-likeness (QED) is 0.664. The second kappa shape index (κ2) is 9.89. The molecule has 0 unspecified atom stereocenters. The number of morpholine rings is 1. The largest absolute Gasteiger partial charge is 0.496 e. The van der Waals surface area contributed by atoms with Crippen LogP contribution in [0.3, 0.4) is 0 Å². The molecule has 1 aliphatic heterocycles. The number of carbonyl (C=O) groups excluding carboxylic acids is 1. The molecule has 1 amide bonds. The standard InChI is InChI=1S/C20H27N5O3/c1-15-11-16(3-4-18(15)27-2)12-20(26)22-6-5-21-19-13-17(14-23-24-19)25-7-9-28-10-8-25/h3-4,11,13-14H,5-10,12H2,1-2H3,(H,21,24)(H,22,26). The van der Waals surface area contributed by atoms with Crippen molar-refractivity contribution < 1.29 is 14.3 Å². The fourth-order valence-corrected chi connectivity index (χ4v) is 3.13. The van der Waals surface area contributed by atoms with E-state index in [2.05, 4.69) is 25.7 Å². The SMILES string of the molecule is COc1ccc(CC(=O)NCCNc2cc(N3CCOCC3)cnn2)cc1C. The minimum absolute atomic E-state index is 0.0143. The van der Waals surface area contributed by atoms with Gasteiger partial charge in [-0.15, -0.1) is 5.10 Å². The Balaban J connectivity index is 1.41. The van der Waals surface area contributed by atoms with Crippen LogP contribution in [-0.4, -0.2) is 62.6 Å². The maximum Gasteiger partial charge on any atom is 0.224 e. The summed E-state index contributed by atoms with van der Waals surface area (Å²) in [5.74, 6) is 1.51. The van der Waals surface area contributed by atoms with E-state index in [9.17, 15) is 4.79 Å². The normalized spacial score (nSPS) is 13.9. The molecule has 1 aromatic carbocycles. The van der Waals surface area contributed by atoms with Gasteiger partial charge in [-0.2, -0.15) is 5.10 Å². The average molecular weight is 385 g/mol. The topological polar surface area (TPSA) is 88.6 Å². The van der Waals surface area contributed by atoms with Crippen molar-refractivity contribution in [3.05, 3.63) is 41.6 Å². The highest BCUT2D eigenvalue weighted by Gasteiger charge is 2.12. The zero-order valence-electron chi connectivity index (χ0n) is 16.4. The van der Waals surface area contributed by atoms with Crippen LogP contribution in [0.4, 0.5) is 11.5 Å². The molecule has 0 saturated carbocycles. The maximum absolute atomic E-state index is 12.1. The molecule has 150 valence electrons. The van der Waals surface area contributed by atoms with E-state index < -0.39 is 0 Å². The smallest absolute Gasteiger partial charge is 0.224 e. The molecule has 1 aliphatic rings. The van der Waals surface area contributed by atoms with Crippen molar-refractivity contribution in [2.24, 2.45) is 0 Å². The summed E-state index contributed by atoms with van der Waals surface area (Å²) in [6.07, 6.45) is 2.10. The highest BCUT2D eigenvalue weighted by Crippen LogP contribution is 2.19. The molecule has 2 aromatic rings. The first-order valence-corrected chi connectivity index (χ1v) is 9.45. The number of amides is 1. The number of aromatic nitrogens is 2. The molecule has 0 aliphatic carbocycles. The van der Waals surface area contributed by atoms with Crippen molar-refractivity contribution in [2.75, 3.05) is 56.7 Å². The molecule has 0 bridgehead atoms. The Bertz CT molecular complexity index is 793. The molecule has 0 spiro atoms. The van der Waals surface area contributed by atoms with Crippen molar-refractivity contribution in [3.8, 4) is 5.75 Å². The van der Waals surface area contributed by atoms with E-state index >= 15 is 0 Å². The highest BCUT2D eigenvalue weighted by atomic mass is 16.5. The van der Waals surface area contributed by atoms with Crippen molar-refractivity contribution in [3.63, 3.8) is 0 Å². The van der Waals surface area contributed by atoms with Gasteiger partial charge in [0.05, 0.1) is 38.6 Å². The first-order valence-electron chi connectivity index (χ1n) is 9.45. The maximum atomic E-state index is 12.1. The Labute approximate surface area is 165 Å². The van der Waals surface area contributed by atoms with Crippen LogP contribution in [0, 0.1) is 6.92 Å². The van der Waals surface area contributed by atoms with Gasteiger partial charge in [-0.25, -0.2) is 0 Å². The van der Waals surface area contributed by atoms with E-state index in [1.165, 1.54) is 0 Å². The monoisotopic (exact) mass is 385 g/mol. The van der Waals surface area contributed by atoms with Gasteiger partial charge < -0.3 is 25.0 Å². The molecule has 1 fully saturated rings. The van der Waals surface area contributed by atoms with Gasteiger partial charge in [0.25, 0.3) is 0 Å². The Morgan fingerprint density at radius 2 is 2.07 bits per heavy atom. The van der Waals surface area contributed by atoms with Gasteiger partial charge in [0.1, 0.15) is 5.75 Å². The summed E-state index contributed by atoms with van der Waals surface area (Å²) in [4.78, 5) is 14.4. The number of carbonyl (C=O) groups is 1. The first-order chi connectivity index (χ1) is 13.7. The summed E-state index contributed by atoms with van der Waals surface area (Å²) in [5.41, 5.74) is 3.01. The van der Waals surface area contributed by atoms with Crippen LogP contribution in [0.15, 0.2) is 30.5 Å². The third kappa shape index (κ3) is 5.56. The number of anilines is 2. The third-order valence-corrected chi connectivity index (χ3v) is 4.59. The predicted octanol–water partition coefficient (Wildman–Crippen LogP) is 1.40. The lowest BCUT2D eigenvalue weighted by molar-refractivity contribution is -0.120. The lowest BCUT2D eigenvalue weighted by atomic mass is 10.1. The number of nitrogens with one attached hydrogen (secondary N) is 2. The van der Waals surface area contributed by atoms with Gasteiger partial charge in [0.2, 0.25) is 5.91 Å². The molecule has 3 rings (SSSR count). The van der Waals surface area contributed by atoms with Gasteiger partial charge >= 0.3 is 0 Å². The summed E-state index contributed by atoms with van der Waals surface area (Å²) in [7, 11) is 1.64. The number of hydrogen-bond donors (Lipinski definition) is 2. The summed E-state index contributed by atoms with van der Waals surface area (Å²) in [6.45, 7) is 6.22. The first kappa shape index (κ1) is 19.9. The Kier molecular flexibility index (Phi) is 7.02. The van der Waals surface area contributed by atoms with E-state index in [0.29, 0.717) is 25.3 Å². The van der Waals surface area contributed by atoms with Crippen LogP contribution < -0.4 is 20.3 Å². The van der Waals surface area contributed by atoms with Crippen LogP contribution >= 0.6 is 0 Å². The Morgan fingerprint density at radius 1 is 1.25 bits per heavy atom.